The summed E-state index contributed by atoms with van der Waals surface area (Å²) in [5, 5.41) is 0. The Hall–Kier alpha value is -0.0400. The van der Waals surface area contributed by atoms with E-state index in [1.165, 1.54) is 51.6 Å². The van der Waals surface area contributed by atoms with E-state index < -0.39 is 0 Å². The van der Waals surface area contributed by atoms with Crippen molar-refractivity contribution in [3.8, 4) is 0 Å². The minimum absolute atomic E-state index is 0.892. The Bertz CT molecular complexity index is 138. The molecule has 0 radical (unpaired) electrons. The molecule has 1 fully saturated rings. The fourth-order valence-corrected chi connectivity index (χ4v) is 2.86. The van der Waals surface area contributed by atoms with Crippen LogP contribution in [0.4, 0.5) is 0 Å². The summed E-state index contributed by atoms with van der Waals surface area (Å²) in [6.07, 6.45) is 8.44. The first kappa shape index (κ1) is 12.0. The van der Waals surface area contributed by atoms with Crippen molar-refractivity contribution in [1.82, 2.24) is 4.90 Å². The van der Waals surface area contributed by atoms with E-state index in [9.17, 15) is 0 Å². The predicted molar refractivity (Wildman–Crippen MR) is 63.6 cm³/mol. The summed E-state index contributed by atoms with van der Waals surface area (Å²) in [6, 6.07) is 0.892. The van der Waals surface area contributed by atoms with Crippen LogP contribution in [0.2, 0.25) is 0 Å². The molecule has 0 aliphatic heterocycles. The summed E-state index contributed by atoms with van der Waals surface area (Å²) in [7, 11) is 0. The monoisotopic (exact) mass is 197 g/mol. The van der Waals surface area contributed by atoms with Gasteiger partial charge in [-0.15, -0.1) is 0 Å². The van der Waals surface area contributed by atoms with Gasteiger partial charge in [0.25, 0.3) is 0 Å². The van der Waals surface area contributed by atoms with E-state index in [2.05, 4.69) is 25.7 Å². The second kappa shape index (κ2) is 6.44. The van der Waals surface area contributed by atoms with Gasteiger partial charge in [0, 0.05) is 6.04 Å². The van der Waals surface area contributed by atoms with Gasteiger partial charge in [0.1, 0.15) is 0 Å². The summed E-state index contributed by atoms with van der Waals surface area (Å²) < 4.78 is 0. The van der Waals surface area contributed by atoms with Gasteiger partial charge in [0.2, 0.25) is 0 Å². The maximum absolute atomic E-state index is 2.74. The zero-order chi connectivity index (χ0) is 10.4. The lowest BCUT2D eigenvalue weighted by molar-refractivity contribution is 0.112. The van der Waals surface area contributed by atoms with Gasteiger partial charge in [-0.3, -0.25) is 0 Å². The fourth-order valence-electron chi connectivity index (χ4n) is 2.86. The lowest BCUT2D eigenvalue weighted by Crippen LogP contribution is -2.42. The van der Waals surface area contributed by atoms with Gasteiger partial charge < -0.3 is 4.90 Å². The molecular formula is C13H27N. The van der Waals surface area contributed by atoms with Crippen molar-refractivity contribution in [3.63, 3.8) is 0 Å². The highest BCUT2D eigenvalue weighted by Gasteiger charge is 2.25. The maximum atomic E-state index is 2.74. The quantitative estimate of drug-likeness (QED) is 0.650. The van der Waals surface area contributed by atoms with E-state index in [4.69, 9.17) is 0 Å². The van der Waals surface area contributed by atoms with Crippen LogP contribution in [0, 0.1) is 5.92 Å². The van der Waals surface area contributed by atoms with Crippen LogP contribution in [-0.4, -0.2) is 24.0 Å². The normalized spacial score (nSPS) is 28.3. The molecule has 14 heavy (non-hydrogen) atoms. The second-order valence-electron chi connectivity index (χ2n) is 4.87. The highest BCUT2D eigenvalue weighted by Crippen LogP contribution is 2.28. The molecule has 84 valence electrons. The lowest BCUT2D eigenvalue weighted by atomic mass is 9.84. The largest absolute Gasteiger partial charge is 0.300 e. The Balaban J connectivity index is 2.46. The van der Waals surface area contributed by atoms with Crippen LogP contribution >= 0.6 is 0 Å². The minimum atomic E-state index is 0.892. The third-order valence-electron chi connectivity index (χ3n) is 3.56. The van der Waals surface area contributed by atoms with E-state index in [0.29, 0.717) is 0 Å². The van der Waals surface area contributed by atoms with E-state index in [0.717, 1.165) is 12.0 Å². The summed E-state index contributed by atoms with van der Waals surface area (Å²) in [4.78, 5) is 2.74. The highest BCUT2D eigenvalue weighted by molar-refractivity contribution is 4.80. The molecule has 0 saturated heterocycles. The molecule has 1 saturated carbocycles. The van der Waals surface area contributed by atoms with Crippen LogP contribution < -0.4 is 0 Å². The van der Waals surface area contributed by atoms with E-state index in [-0.39, 0.29) is 0 Å². The van der Waals surface area contributed by atoms with Gasteiger partial charge in [0.15, 0.2) is 0 Å². The van der Waals surface area contributed by atoms with Gasteiger partial charge in [0.05, 0.1) is 0 Å². The highest BCUT2D eigenvalue weighted by atomic mass is 15.2. The maximum Gasteiger partial charge on any atom is 0.0121 e. The predicted octanol–water partition coefficient (Wildman–Crippen LogP) is 3.69. The first-order valence-corrected chi connectivity index (χ1v) is 6.53. The number of hydrogen-bond donors (Lipinski definition) is 0. The van der Waals surface area contributed by atoms with Crippen molar-refractivity contribution in [3.05, 3.63) is 0 Å². The Morgan fingerprint density at radius 3 is 2.07 bits per heavy atom. The molecule has 0 amide bonds. The van der Waals surface area contributed by atoms with Gasteiger partial charge in [-0.1, -0.05) is 33.6 Å². The molecule has 0 aromatic rings. The summed E-state index contributed by atoms with van der Waals surface area (Å²) >= 11 is 0. The van der Waals surface area contributed by atoms with E-state index >= 15 is 0 Å². The summed E-state index contributed by atoms with van der Waals surface area (Å²) in [5.74, 6) is 0.932. The first-order valence-electron chi connectivity index (χ1n) is 6.53. The van der Waals surface area contributed by atoms with Crippen molar-refractivity contribution in [1.29, 1.82) is 0 Å². The summed E-state index contributed by atoms with van der Waals surface area (Å²) in [5.41, 5.74) is 0. The average molecular weight is 197 g/mol. The number of nitrogens with zero attached hydrogens (tertiary/aromatic N) is 1. The van der Waals surface area contributed by atoms with Crippen molar-refractivity contribution in [2.75, 3.05) is 13.1 Å². The third kappa shape index (κ3) is 3.27. The van der Waals surface area contributed by atoms with Crippen LogP contribution in [0.25, 0.3) is 0 Å². The van der Waals surface area contributed by atoms with Gasteiger partial charge in [-0.05, 0) is 44.7 Å². The average Bonchev–Trinajstić information content (AvgIpc) is 2.18. The van der Waals surface area contributed by atoms with Crippen LogP contribution in [0.1, 0.15) is 59.3 Å². The van der Waals surface area contributed by atoms with Crippen molar-refractivity contribution < 1.29 is 0 Å². The molecule has 1 aliphatic rings. The molecule has 2 atom stereocenters. The molecule has 1 rings (SSSR count). The Morgan fingerprint density at radius 2 is 1.57 bits per heavy atom. The van der Waals surface area contributed by atoms with Crippen molar-refractivity contribution >= 4 is 0 Å². The zero-order valence-corrected chi connectivity index (χ0v) is 10.3. The van der Waals surface area contributed by atoms with Crippen molar-refractivity contribution in [2.24, 2.45) is 5.92 Å². The topological polar surface area (TPSA) is 3.24 Å². The molecule has 0 aromatic heterocycles. The fraction of sp³-hybridized carbons (Fsp3) is 1.00. The number of rotatable bonds is 5. The molecule has 0 bridgehead atoms. The van der Waals surface area contributed by atoms with E-state index in [1.54, 1.807) is 0 Å². The Morgan fingerprint density at radius 1 is 1.00 bits per heavy atom. The SMILES string of the molecule is CCCN(CCC)C1CCCC[C@H]1C. The smallest absolute Gasteiger partial charge is 0.0121 e. The molecule has 1 aliphatic carbocycles. The van der Waals surface area contributed by atoms with Crippen molar-refractivity contribution in [2.45, 2.75) is 65.3 Å². The Kier molecular flexibility index (Phi) is 5.54. The molecule has 0 aromatic carbocycles. The molecular weight excluding hydrogens is 170 g/mol. The van der Waals surface area contributed by atoms with Crippen LogP contribution in [0.15, 0.2) is 0 Å². The standard InChI is InChI=1S/C13H27N/c1-4-10-14(11-5-2)13-9-7-6-8-12(13)3/h12-13H,4-11H2,1-3H3/t12-,13?/m1/s1. The molecule has 1 unspecified atom stereocenters. The molecule has 1 heteroatoms. The van der Waals surface area contributed by atoms with E-state index in [1.807, 2.05) is 0 Å². The first-order chi connectivity index (χ1) is 6.79. The zero-order valence-electron chi connectivity index (χ0n) is 10.3. The third-order valence-corrected chi connectivity index (χ3v) is 3.56. The number of hydrogen-bond acceptors (Lipinski definition) is 1. The lowest BCUT2D eigenvalue weighted by Gasteiger charge is -2.38. The minimum Gasteiger partial charge on any atom is -0.300 e. The second-order valence-corrected chi connectivity index (χ2v) is 4.87. The van der Waals surface area contributed by atoms with Crippen LogP contribution in [0.3, 0.4) is 0 Å². The van der Waals surface area contributed by atoms with Gasteiger partial charge in [-0.2, -0.15) is 0 Å². The molecule has 0 N–H and O–H groups in total. The van der Waals surface area contributed by atoms with Gasteiger partial charge >= 0.3 is 0 Å². The molecule has 0 spiro atoms. The van der Waals surface area contributed by atoms with Crippen LogP contribution in [-0.2, 0) is 0 Å². The van der Waals surface area contributed by atoms with Crippen LogP contribution in [0.5, 0.6) is 0 Å². The molecule has 0 heterocycles. The van der Waals surface area contributed by atoms with Gasteiger partial charge in [-0.25, -0.2) is 0 Å². The molecule has 1 nitrogen and oxygen atoms in total. The summed E-state index contributed by atoms with van der Waals surface area (Å²) in [6.45, 7) is 9.67. The Labute approximate surface area is 89.9 Å².